The number of carbonyl (C=O) groups excluding carboxylic acids is 1. The largest absolute Gasteiger partial charge is 0.460 e. The molecule has 0 amide bonds. The van der Waals surface area contributed by atoms with E-state index >= 15 is 0 Å². The van der Waals surface area contributed by atoms with E-state index in [-0.39, 0.29) is 17.8 Å². The maximum Gasteiger partial charge on any atom is 0.374 e. The van der Waals surface area contributed by atoms with Crippen LogP contribution in [0.25, 0.3) is 11.0 Å². The molecule has 0 atom stereocenters. The molecule has 0 spiro atoms. The predicted molar refractivity (Wildman–Crippen MR) is 95.3 cm³/mol. The van der Waals surface area contributed by atoms with Crippen LogP contribution in [0.2, 0.25) is 0 Å². The molecular weight excluding hydrogens is 320 g/mol. The number of esters is 1. The van der Waals surface area contributed by atoms with Crippen LogP contribution in [0.4, 0.5) is 0 Å². The average Bonchev–Trinajstić information content (AvgIpc) is 2.62. The fourth-order valence-electron chi connectivity index (χ4n) is 3.49. The molecule has 1 aliphatic rings. The molecule has 5 heteroatoms. The quantitative estimate of drug-likeness (QED) is 0.593. The fourth-order valence-corrected chi connectivity index (χ4v) is 3.49. The van der Waals surface area contributed by atoms with Crippen LogP contribution in [-0.4, -0.2) is 25.8 Å². The van der Waals surface area contributed by atoms with Crippen LogP contribution in [0.3, 0.4) is 0 Å². The number of fused-ring (bicyclic) bond motifs is 2. The number of hydrogen-bond donors (Lipinski definition) is 0. The molecule has 1 aromatic heterocycles. The topological polar surface area (TPSA) is 65.7 Å². The van der Waals surface area contributed by atoms with Gasteiger partial charge in [-0.3, -0.25) is 4.79 Å². The van der Waals surface area contributed by atoms with E-state index in [1.54, 1.807) is 6.92 Å². The summed E-state index contributed by atoms with van der Waals surface area (Å²) in [7, 11) is 0. The molecule has 0 saturated heterocycles. The Morgan fingerprint density at radius 3 is 2.72 bits per heavy atom. The molecule has 3 rings (SSSR count). The standard InChI is InChI=1S/C20H24O5/c1-3-23-10-9-15-14-8-6-5-7-13(14)11-16-17(21)12-18(25-19(15)16)20(22)24-4-2/h11-12H,3-10H2,1-2H3. The Hall–Kier alpha value is -2.14. The van der Waals surface area contributed by atoms with Crippen molar-refractivity contribution in [1.82, 2.24) is 0 Å². The third-order valence-corrected chi connectivity index (χ3v) is 4.63. The highest BCUT2D eigenvalue weighted by Gasteiger charge is 2.21. The summed E-state index contributed by atoms with van der Waals surface area (Å²) in [5.74, 6) is -0.636. The number of rotatable bonds is 6. The Kier molecular flexibility index (Phi) is 5.53. The highest BCUT2D eigenvalue weighted by Crippen LogP contribution is 2.31. The van der Waals surface area contributed by atoms with E-state index in [4.69, 9.17) is 13.9 Å². The van der Waals surface area contributed by atoms with Crippen LogP contribution in [-0.2, 0) is 28.7 Å². The summed E-state index contributed by atoms with van der Waals surface area (Å²) in [6.45, 7) is 5.13. The van der Waals surface area contributed by atoms with Crippen molar-refractivity contribution in [3.63, 3.8) is 0 Å². The molecule has 1 aromatic carbocycles. The van der Waals surface area contributed by atoms with Gasteiger partial charge in [-0.15, -0.1) is 0 Å². The van der Waals surface area contributed by atoms with Crippen molar-refractivity contribution in [3.05, 3.63) is 44.8 Å². The van der Waals surface area contributed by atoms with Crippen molar-refractivity contribution in [2.75, 3.05) is 19.8 Å². The van der Waals surface area contributed by atoms with Crippen LogP contribution in [0.1, 0.15) is 53.9 Å². The van der Waals surface area contributed by atoms with E-state index in [0.29, 0.717) is 30.6 Å². The van der Waals surface area contributed by atoms with Gasteiger partial charge in [-0.25, -0.2) is 4.79 Å². The molecule has 1 aliphatic carbocycles. The average molecular weight is 344 g/mol. The molecular formula is C20H24O5. The SMILES string of the molecule is CCOCCc1c2c(cc3c(=O)cc(C(=O)OCC)oc13)CCCC2. The maximum absolute atomic E-state index is 12.6. The van der Waals surface area contributed by atoms with E-state index in [9.17, 15) is 9.59 Å². The summed E-state index contributed by atoms with van der Waals surface area (Å²) >= 11 is 0. The smallest absolute Gasteiger partial charge is 0.374 e. The molecule has 25 heavy (non-hydrogen) atoms. The van der Waals surface area contributed by atoms with Crippen molar-refractivity contribution in [1.29, 1.82) is 0 Å². The van der Waals surface area contributed by atoms with Crippen molar-refractivity contribution in [2.45, 2.75) is 46.0 Å². The number of benzene rings is 1. The second-order valence-corrected chi connectivity index (χ2v) is 6.22. The lowest BCUT2D eigenvalue weighted by molar-refractivity contribution is 0.0490. The summed E-state index contributed by atoms with van der Waals surface area (Å²) in [5.41, 5.74) is 3.79. The first-order valence-electron chi connectivity index (χ1n) is 9.02. The molecule has 5 nitrogen and oxygen atoms in total. The van der Waals surface area contributed by atoms with E-state index in [0.717, 1.165) is 31.2 Å². The predicted octanol–water partition coefficient (Wildman–Crippen LogP) is 3.43. The normalized spacial score (nSPS) is 13.7. The lowest BCUT2D eigenvalue weighted by atomic mass is 9.85. The third-order valence-electron chi connectivity index (χ3n) is 4.63. The summed E-state index contributed by atoms with van der Waals surface area (Å²) < 4.78 is 16.4. The number of carbonyl (C=O) groups is 1. The number of hydrogen-bond acceptors (Lipinski definition) is 5. The molecule has 0 N–H and O–H groups in total. The molecule has 1 heterocycles. The molecule has 0 radical (unpaired) electrons. The molecule has 2 aromatic rings. The lowest BCUT2D eigenvalue weighted by Crippen LogP contribution is -2.15. The fraction of sp³-hybridized carbons (Fsp3) is 0.500. The minimum atomic E-state index is -0.602. The Bertz CT molecular complexity index is 834. The Morgan fingerprint density at radius 1 is 1.16 bits per heavy atom. The van der Waals surface area contributed by atoms with Crippen molar-refractivity contribution < 1.29 is 18.7 Å². The zero-order valence-electron chi connectivity index (χ0n) is 14.9. The van der Waals surface area contributed by atoms with E-state index in [1.165, 1.54) is 17.2 Å². The molecule has 0 unspecified atom stereocenters. The van der Waals surface area contributed by atoms with Gasteiger partial charge in [0.15, 0.2) is 5.43 Å². The van der Waals surface area contributed by atoms with Gasteiger partial charge in [0.05, 0.1) is 18.6 Å². The zero-order valence-corrected chi connectivity index (χ0v) is 14.9. The van der Waals surface area contributed by atoms with Crippen LogP contribution in [0.5, 0.6) is 0 Å². The van der Waals surface area contributed by atoms with Crippen LogP contribution in [0.15, 0.2) is 21.3 Å². The van der Waals surface area contributed by atoms with Gasteiger partial charge >= 0.3 is 5.97 Å². The Morgan fingerprint density at radius 2 is 1.96 bits per heavy atom. The molecule has 134 valence electrons. The first kappa shape index (κ1) is 17.7. The molecule has 0 fully saturated rings. The van der Waals surface area contributed by atoms with Gasteiger partial charge in [-0.05, 0) is 63.1 Å². The zero-order chi connectivity index (χ0) is 17.8. The summed E-state index contributed by atoms with van der Waals surface area (Å²) in [5, 5.41) is 0.542. The van der Waals surface area contributed by atoms with Crippen LogP contribution >= 0.6 is 0 Å². The molecule has 0 saturated carbocycles. The summed E-state index contributed by atoms with van der Waals surface area (Å²) in [6.07, 6.45) is 4.88. The number of ether oxygens (including phenoxy) is 2. The second kappa shape index (κ2) is 7.83. The van der Waals surface area contributed by atoms with Crippen LogP contribution in [0, 0.1) is 0 Å². The van der Waals surface area contributed by atoms with Gasteiger partial charge in [-0.2, -0.15) is 0 Å². The highest BCUT2D eigenvalue weighted by atomic mass is 16.5. The van der Waals surface area contributed by atoms with Gasteiger partial charge in [0, 0.05) is 18.2 Å². The van der Waals surface area contributed by atoms with Crippen LogP contribution < -0.4 is 5.43 Å². The maximum atomic E-state index is 12.6. The van der Waals surface area contributed by atoms with Gasteiger partial charge < -0.3 is 13.9 Å². The van der Waals surface area contributed by atoms with E-state index < -0.39 is 5.97 Å². The van der Waals surface area contributed by atoms with Crippen molar-refractivity contribution >= 4 is 16.9 Å². The first-order chi connectivity index (χ1) is 12.2. The summed E-state index contributed by atoms with van der Waals surface area (Å²) in [4.78, 5) is 24.6. The number of aryl methyl sites for hydroxylation is 1. The minimum Gasteiger partial charge on any atom is -0.460 e. The first-order valence-corrected chi connectivity index (χ1v) is 9.02. The van der Waals surface area contributed by atoms with E-state index in [2.05, 4.69) is 0 Å². The van der Waals surface area contributed by atoms with Crippen molar-refractivity contribution in [3.8, 4) is 0 Å². The van der Waals surface area contributed by atoms with Crippen molar-refractivity contribution in [2.24, 2.45) is 0 Å². The van der Waals surface area contributed by atoms with Gasteiger partial charge in [-0.1, -0.05) is 0 Å². The van der Waals surface area contributed by atoms with Gasteiger partial charge in [0.25, 0.3) is 0 Å². The molecule has 0 aliphatic heterocycles. The van der Waals surface area contributed by atoms with Gasteiger partial charge in [0.1, 0.15) is 5.58 Å². The van der Waals surface area contributed by atoms with Gasteiger partial charge in [0.2, 0.25) is 5.76 Å². The Labute approximate surface area is 146 Å². The molecule has 0 bridgehead atoms. The lowest BCUT2D eigenvalue weighted by Gasteiger charge is -2.21. The third kappa shape index (κ3) is 3.61. The summed E-state index contributed by atoms with van der Waals surface area (Å²) in [6, 6.07) is 3.18. The Balaban J connectivity index is 2.17. The van der Waals surface area contributed by atoms with E-state index in [1.807, 2.05) is 13.0 Å². The minimum absolute atomic E-state index is 0.0345. The highest BCUT2D eigenvalue weighted by molar-refractivity contribution is 5.90. The second-order valence-electron chi connectivity index (χ2n) is 6.22. The monoisotopic (exact) mass is 344 g/mol.